The highest BCUT2D eigenvalue weighted by atomic mass is 14.5. The summed E-state index contributed by atoms with van der Waals surface area (Å²) in [7, 11) is 0. The maximum atomic E-state index is 2.48. The van der Waals surface area contributed by atoms with Crippen molar-refractivity contribution < 1.29 is 0 Å². The molecule has 2 rings (SSSR count). The molecule has 0 saturated heterocycles. The molecule has 3 atom stereocenters. The fourth-order valence-corrected chi connectivity index (χ4v) is 3.81. The van der Waals surface area contributed by atoms with Crippen molar-refractivity contribution in [2.24, 2.45) is 23.2 Å². The zero-order chi connectivity index (χ0) is 11.1. The van der Waals surface area contributed by atoms with Gasteiger partial charge in [-0.1, -0.05) is 32.4 Å². The second-order valence-corrected chi connectivity index (χ2v) is 6.61. The molecular weight excluding hydrogens is 180 g/mol. The first-order valence-corrected chi connectivity index (χ1v) is 6.66. The van der Waals surface area contributed by atoms with E-state index < -0.39 is 0 Å². The lowest BCUT2D eigenvalue weighted by atomic mass is 9.51. The molecule has 0 spiro atoms. The Morgan fingerprint density at radius 2 is 2.00 bits per heavy atom. The molecule has 0 aromatic rings. The summed E-state index contributed by atoms with van der Waals surface area (Å²) in [5.74, 6) is 2.97. The first-order valence-electron chi connectivity index (χ1n) is 6.66. The Morgan fingerprint density at radius 1 is 1.27 bits per heavy atom. The van der Waals surface area contributed by atoms with E-state index >= 15 is 0 Å². The molecule has 2 aliphatic carbocycles. The first kappa shape index (κ1) is 11.2. The zero-order valence-corrected chi connectivity index (χ0v) is 10.8. The van der Waals surface area contributed by atoms with Gasteiger partial charge in [-0.15, -0.1) is 0 Å². The van der Waals surface area contributed by atoms with Crippen molar-refractivity contribution in [2.75, 3.05) is 0 Å². The molecule has 0 amide bonds. The highest BCUT2D eigenvalue weighted by molar-refractivity contribution is 5.05. The van der Waals surface area contributed by atoms with Crippen molar-refractivity contribution >= 4 is 0 Å². The molecule has 0 unspecified atom stereocenters. The summed E-state index contributed by atoms with van der Waals surface area (Å²) in [6.45, 7) is 9.73. The minimum atomic E-state index is 0.629. The third kappa shape index (κ3) is 2.14. The summed E-state index contributed by atoms with van der Waals surface area (Å²) < 4.78 is 0. The fourth-order valence-electron chi connectivity index (χ4n) is 3.81. The number of hydrogen-bond donors (Lipinski definition) is 0. The Labute approximate surface area is 95.1 Å². The van der Waals surface area contributed by atoms with Gasteiger partial charge in [0.1, 0.15) is 0 Å². The molecule has 0 bridgehead atoms. The van der Waals surface area contributed by atoms with Gasteiger partial charge < -0.3 is 0 Å². The van der Waals surface area contributed by atoms with E-state index in [4.69, 9.17) is 0 Å². The van der Waals surface area contributed by atoms with E-state index in [2.05, 4.69) is 33.8 Å². The second kappa shape index (κ2) is 3.96. The van der Waals surface area contributed by atoms with Gasteiger partial charge in [0.25, 0.3) is 0 Å². The van der Waals surface area contributed by atoms with Crippen molar-refractivity contribution in [1.82, 2.24) is 0 Å². The molecular formula is C15H26. The molecule has 86 valence electrons. The molecule has 0 N–H and O–H groups in total. The molecule has 0 aromatic heterocycles. The van der Waals surface area contributed by atoms with Crippen molar-refractivity contribution in [2.45, 2.75) is 59.8 Å². The summed E-state index contributed by atoms with van der Waals surface area (Å²) in [5.41, 5.74) is 2.26. The van der Waals surface area contributed by atoms with Gasteiger partial charge in [0.2, 0.25) is 0 Å². The fraction of sp³-hybridized carbons (Fsp3) is 0.867. The van der Waals surface area contributed by atoms with E-state index in [-0.39, 0.29) is 0 Å². The lowest BCUT2D eigenvalue weighted by molar-refractivity contribution is -0.0483. The SMILES string of the molecule is CC1=CCC[C@@H](C)[C@H]2CC(C)(C)[C@@H]2CC1. The van der Waals surface area contributed by atoms with E-state index in [9.17, 15) is 0 Å². The van der Waals surface area contributed by atoms with E-state index in [1.165, 1.54) is 32.1 Å². The average molecular weight is 206 g/mol. The number of allylic oxidation sites excluding steroid dienone is 2. The lowest BCUT2D eigenvalue weighted by Crippen LogP contribution is -2.46. The van der Waals surface area contributed by atoms with Crippen LogP contribution in [0, 0.1) is 23.2 Å². The number of fused-ring (bicyclic) bond motifs is 1. The van der Waals surface area contributed by atoms with Gasteiger partial charge in [-0.25, -0.2) is 0 Å². The van der Waals surface area contributed by atoms with Crippen LogP contribution >= 0.6 is 0 Å². The molecule has 0 aromatic carbocycles. The minimum absolute atomic E-state index is 0.629. The Hall–Kier alpha value is -0.260. The van der Waals surface area contributed by atoms with Crippen molar-refractivity contribution in [1.29, 1.82) is 0 Å². The summed E-state index contributed by atoms with van der Waals surface area (Å²) in [6.07, 6.45) is 9.46. The molecule has 0 radical (unpaired) electrons. The van der Waals surface area contributed by atoms with Crippen LogP contribution in [0.4, 0.5) is 0 Å². The predicted octanol–water partition coefficient (Wildman–Crippen LogP) is 4.81. The van der Waals surface area contributed by atoms with Gasteiger partial charge in [0.05, 0.1) is 0 Å². The van der Waals surface area contributed by atoms with Gasteiger partial charge in [-0.05, 0) is 62.2 Å². The van der Waals surface area contributed by atoms with Gasteiger partial charge >= 0.3 is 0 Å². The standard InChI is InChI=1S/C15H26/c1-11-6-5-7-12(2)13-10-15(3,4)14(13)9-8-11/h6,12-14H,5,7-10H2,1-4H3/t12-,13-,14-/m1/s1. The predicted molar refractivity (Wildman–Crippen MR) is 66.8 cm³/mol. The lowest BCUT2D eigenvalue weighted by Gasteiger charge is -2.54. The zero-order valence-electron chi connectivity index (χ0n) is 10.8. The monoisotopic (exact) mass is 206 g/mol. The molecule has 0 aliphatic heterocycles. The first-order chi connectivity index (χ1) is 7.00. The Balaban J connectivity index is 2.08. The summed E-state index contributed by atoms with van der Waals surface area (Å²) in [6, 6.07) is 0. The van der Waals surface area contributed by atoms with Crippen LogP contribution in [-0.4, -0.2) is 0 Å². The molecule has 1 fully saturated rings. The normalized spacial score (nSPS) is 40.3. The van der Waals surface area contributed by atoms with Crippen LogP contribution in [-0.2, 0) is 0 Å². The molecule has 0 heteroatoms. The van der Waals surface area contributed by atoms with Crippen LogP contribution in [0.15, 0.2) is 11.6 Å². The molecule has 2 aliphatic rings. The summed E-state index contributed by atoms with van der Waals surface area (Å²) in [5, 5.41) is 0. The highest BCUT2D eigenvalue weighted by Crippen LogP contribution is 2.56. The topological polar surface area (TPSA) is 0 Å². The van der Waals surface area contributed by atoms with Gasteiger partial charge in [0.15, 0.2) is 0 Å². The molecule has 0 nitrogen and oxygen atoms in total. The van der Waals surface area contributed by atoms with E-state index in [0.717, 1.165) is 17.8 Å². The second-order valence-electron chi connectivity index (χ2n) is 6.61. The minimum Gasteiger partial charge on any atom is -0.0856 e. The highest BCUT2D eigenvalue weighted by Gasteiger charge is 2.48. The maximum absolute atomic E-state index is 2.48. The summed E-state index contributed by atoms with van der Waals surface area (Å²) >= 11 is 0. The van der Waals surface area contributed by atoms with Crippen molar-refractivity contribution in [3.05, 3.63) is 11.6 Å². The van der Waals surface area contributed by atoms with Crippen molar-refractivity contribution in [3.8, 4) is 0 Å². The third-order valence-corrected chi connectivity index (χ3v) is 4.98. The van der Waals surface area contributed by atoms with E-state index in [1.807, 2.05) is 0 Å². The largest absolute Gasteiger partial charge is 0.0856 e. The molecule has 1 saturated carbocycles. The van der Waals surface area contributed by atoms with Gasteiger partial charge in [0, 0.05) is 0 Å². The summed E-state index contributed by atoms with van der Waals surface area (Å²) in [4.78, 5) is 0. The Bertz CT molecular complexity index is 259. The van der Waals surface area contributed by atoms with Crippen LogP contribution in [0.3, 0.4) is 0 Å². The van der Waals surface area contributed by atoms with Crippen molar-refractivity contribution in [3.63, 3.8) is 0 Å². The maximum Gasteiger partial charge on any atom is -0.0320 e. The van der Waals surface area contributed by atoms with Gasteiger partial charge in [-0.3, -0.25) is 0 Å². The van der Waals surface area contributed by atoms with Gasteiger partial charge in [-0.2, -0.15) is 0 Å². The van der Waals surface area contributed by atoms with E-state index in [1.54, 1.807) is 5.57 Å². The average Bonchev–Trinajstić information content (AvgIpc) is 2.18. The molecule has 15 heavy (non-hydrogen) atoms. The molecule has 0 heterocycles. The Morgan fingerprint density at radius 3 is 2.67 bits per heavy atom. The smallest absolute Gasteiger partial charge is 0.0320 e. The number of hydrogen-bond acceptors (Lipinski definition) is 0. The quantitative estimate of drug-likeness (QED) is 0.499. The Kier molecular flexibility index (Phi) is 2.96. The van der Waals surface area contributed by atoms with Crippen LogP contribution in [0.5, 0.6) is 0 Å². The van der Waals surface area contributed by atoms with Crippen LogP contribution in [0.1, 0.15) is 59.8 Å². The van der Waals surface area contributed by atoms with Crippen LogP contribution in [0.2, 0.25) is 0 Å². The van der Waals surface area contributed by atoms with E-state index in [0.29, 0.717) is 5.41 Å². The number of rotatable bonds is 0. The van der Waals surface area contributed by atoms with Crippen LogP contribution in [0.25, 0.3) is 0 Å². The third-order valence-electron chi connectivity index (χ3n) is 4.98. The van der Waals surface area contributed by atoms with Crippen LogP contribution < -0.4 is 0 Å².